The van der Waals surface area contributed by atoms with Crippen LogP contribution in [0.25, 0.3) is 0 Å². The summed E-state index contributed by atoms with van der Waals surface area (Å²) >= 11 is 0. The monoisotopic (exact) mass is 594 g/mol. The first kappa shape index (κ1) is 31.5. The Hall–Kier alpha value is -2.46. The predicted molar refractivity (Wildman–Crippen MR) is 157 cm³/mol. The number of morpholine rings is 2. The number of rotatable bonds is 18. The minimum absolute atomic E-state index is 0.0131. The van der Waals surface area contributed by atoms with Crippen LogP contribution in [0.2, 0.25) is 0 Å². The van der Waals surface area contributed by atoms with Crippen molar-refractivity contribution in [1.82, 2.24) is 19.3 Å². The molecule has 1 aromatic carbocycles. The minimum atomic E-state index is -3.59. The van der Waals surface area contributed by atoms with E-state index in [1.54, 1.807) is 24.5 Å². The predicted octanol–water partition coefficient (Wildman–Crippen LogP) is 0.621. The molecule has 2 aromatic rings. The molecule has 0 spiro atoms. The van der Waals surface area contributed by atoms with Crippen molar-refractivity contribution in [2.24, 2.45) is 0 Å². The van der Waals surface area contributed by atoms with Crippen LogP contribution in [0.15, 0.2) is 34.1 Å². The molecule has 2 fully saturated rings. The van der Waals surface area contributed by atoms with Crippen LogP contribution >= 0.6 is 0 Å². The van der Waals surface area contributed by atoms with E-state index >= 15 is 0 Å². The highest BCUT2D eigenvalue weighted by molar-refractivity contribution is 7.88. The molecule has 0 unspecified atom stereocenters. The highest BCUT2D eigenvalue weighted by Gasteiger charge is 2.25. The van der Waals surface area contributed by atoms with Crippen molar-refractivity contribution in [2.75, 3.05) is 102 Å². The molecular formula is C27H42N6O7S. The van der Waals surface area contributed by atoms with Gasteiger partial charge < -0.3 is 20.1 Å². The van der Waals surface area contributed by atoms with Crippen molar-refractivity contribution in [3.05, 3.63) is 45.0 Å². The Balaban J connectivity index is 1.17. The van der Waals surface area contributed by atoms with E-state index in [0.29, 0.717) is 70.5 Å². The zero-order valence-electron chi connectivity index (χ0n) is 23.6. The fraction of sp³-hybridized carbons (Fsp3) is 0.667. The van der Waals surface area contributed by atoms with Gasteiger partial charge in [0.25, 0.3) is 10.9 Å². The second-order valence-corrected chi connectivity index (χ2v) is 12.2. The molecule has 0 radical (unpaired) electrons. The van der Waals surface area contributed by atoms with Crippen LogP contribution in [-0.4, -0.2) is 119 Å². The van der Waals surface area contributed by atoms with E-state index < -0.39 is 20.9 Å². The molecule has 1 aromatic heterocycles. The van der Waals surface area contributed by atoms with Gasteiger partial charge in [-0.1, -0.05) is 17.3 Å². The second kappa shape index (κ2) is 16.2. The molecule has 2 aliphatic rings. The van der Waals surface area contributed by atoms with Crippen molar-refractivity contribution in [3.63, 3.8) is 0 Å². The Morgan fingerprint density at radius 1 is 0.854 bits per heavy atom. The third kappa shape index (κ3) is 9.81. The zero-order valence-corrected chi connectivity index (χ0v) is 24.4. The Bertz CT molecular complexity index is 1230. The lowest BCUT2D eigenvalue weighted by atomic mass is 10.1. The van der Waals surface area contributed by atoms with Gasteiger partial charge in [-0.3, -0.25) is 29.2 Å². The number of unbranched alkanes of at least 4 members (excludes halogenated alkanes) is 3. The van der Waals surface area contributed by atoms with Crippen molar-refractivity contribution in [2.45, 2.75) is 25.7 Å². The average molecular weight is 595 g/mol. The van der Waals surface area contributed by atoms with E-state index in [9.17, 15) is 18.0 Å². The van der Waals surface area contributed by atoms with Crippen LogP contribution in [0.1, 0.15) is 25.7 Å². The molecule has 0 amide bonds. The summed E-state index contributed by atoms with van der Waals surface area (Å²) in [6.07, 6.45) is 5.96. The van der Waals surface area contributed by atoms with Crippen LogP contribution < -0.4 is 21.5 Å². The van der Waals surface area contributed by atoms with Crippen LogP contribution in [0.4, 0.5) is 17.1 Å². The first-order chi connectivity index (χ1) is 19.9. The summed E-state index contributed by atoms with van der Waals surface area (Å²) in [7, 11) is -3.59. The number of anilines is 3. The maximum Gasteiger partial charge on any atom is 0.253 e. The fourth-order valence-electron chi connectivity index (χ4n) is 4.77. The first-order valence-corrected chi connectivity index (χ1v) is 16.0. The fourth-order valence-corrected chi connectivity index (χ4v) is 6.13. The van der Waals surface area contributed by atoms with Gasteiger partial charge in [-0.05, 0) is 25.0 Å². The van der Waals surface area contributed by atoms with Gasteiger partial charge in [0.2, 0.25) is 10.0 Å². The minimum Gasteiger partial charge on any atom is -0.380 e. The summed E-state index contributed by atoms with van der Waals surface area (Å²) in [5, 5.41) is 6.02. The molecule has 41 heavy (non-hydrogen) atoms. The first-order valence-electron chi connectivity index (χ1n) is 14.4. The number of ether oxygens (including phenoxy) is 2. The number of hydrogen-bond acceptors (Lipinski definition) is 12. The molecule has 0 saturated carbocycles. The number of hydrogen-bond donors (Lipinski definition) is 2. The molecule has 2 N–H and O–H groups in total. The van der Waals surface area contributed by atoms with Crippen LogP contribution in [0, 0.1) is 0 Å². The van der Waals surface area contributed by atoms with Gasteiger partial charge in [-0.15, -0.1) is 0 Å². The van der Waals surface area contributed by atoms with Crippen molar-refractivity contribution < 1.29 is 22.7 Å². The van der Waals surface area contributed by atoms with Crippen molar-refractivity contribution in [1.29, 1.82) is 0 Å². The molecule has 228 valence electrons. The molecule has 3 heterocycles. The second-order valence-electron chi connectivity index (χ2n) is 10.2. The quantitative estimate of drug-likeness (QED) is 0.142. The summed E-state index contributed by atoms with van der Waals surface area (Å²) in [6, 6.07) is 3.43. The van der Waals surface area contributed by atoms with E-state index in [1.807, 2.05) is 0 Å². The molecule has 2 aliphatic heterocycles. The molecule has 14 heteroatoms. The Morgan fingerprint density at radius 2 is 1.46 bits per heavy atom. The van der Waals surface area contributed by atoms with E-state index in [4.69, 9.17) is 14.3 Å². The lowest BCUT2D eigenvalue weighted by molar-refractivity contribution is -0.0996. The van der Waals surface area contributed by atoms with Gasteiger partial charge in [0, 0.05) is 63.9 Å². The highest BCUT2D eigenvalue weighted by atomic mass is 32.2. The van der Waals surface area contributed by atoms with Crippen LogP contribution in [-0.2, 0) is 24.3 Å². The van der Waals surface area contributed by atoms with Gasteiger partial charge in [-0.2, -0.15) is 0 Å². The highest BCUT2D eigenvalue weighted by Crippen LogP contribution is 2.20. The molecule has 0 atom stereocenters. The maximum absolute atomic E-state index is 13.2. The van der Waals surface area contributed by atoms with Crippen LogP contribution in [0.3, 0.4) is 0 Å². The number of aromatic nitrogens is 1. The topological polar surface area (TPSA) is 143 Å². The number of sulfonamides is 1. The molecule has 2 saturated heterocycles. The average Bonchev–Trinajstić information content (AvgIpc) is 3.00. The van der Waals surface area contributed by atoms with Crippen molar-refractivity contribution in [3.8, 4) is 0 Å². The van der Waals surface area contributed by atoms with E-state index in [2.05, 4.69) is 25.4 Å². The molecular weight excluding hydrogens is 552 g/mol. The van der Waals surface area contributed by atoms with Gasteiger partial charge in [0.15, 0.2) is 0 Å². The largest absolute Gasteiger partial charge is 0.380 e. The number of nitrogens with zero attached hydrogens (tertiary/aromatic N) is 4. The third-order valence-corrected chi connectivity index (χ3v) is 8.96. The van der Waals surface area contributed by atoms with Gasteiger partial charge >= 0.3 is 0 Å². The molecule has 13 nitrogen and oxygen atoms in total. The summed E-state index contributed by atoms with van der Waals surface area (Å²) in [5.41, 5.74) is 0.163. The lowest BCUT2D eigenvalue weighted by Gasteiger charge is -2.30. The Labute approximate surface area is 241 Å². The summed E-state index contributed by atoms with van der Waals surface area (Å²) < 4.78 is 38.3. The summed E-state index contributed by atoms with van der Waals surface area (Å²) in [5.74, 6) is 0.0131. The molecule has 4 rings (SSSR count). The lowest BCUT2D eigenvalue weighted by Crippen LogP contribution is -2.45. The van der Waals surface area contributed by atoms with Gasteiger partial charge in [0.1, 0.15) is 11.4 Å². The van der Waals surface area contributed by atoms with E-state index in [1.165, 1.54) is 4.47 Å². The summed E-state index contributed by atoms with van der Waals surface area (Å²) in [4.78, 5) is 38.1. The Morgan fingerprint density at radius 3 is 2.15 bits per heavy atom. The zero-order chi connectivity index (χ0) is 28.9. The van der Waals surface area contributed by atoms with Crippen LogP contribution in [0.5, 0.6) is 0 Å². The number of hydroxylamine groups is 1. The van der Waals surface area contributed by atoms with E-state index in [-0.39, 0.29) is 18.0 Å². The normalized spacial score (nSPS) is 17.3. The molecule has 0 aliphatic carbocycles. The maximum atomic E-state index is 13.2. The number of nitrogens with one attached hydrogen (secondary N) is 2. The van der Waals surface area contributed by atoms with Crippen molar-refractivity contribution >= 4 is 27.1 Å². The van der Waals surface area contributed by atoms with Gasteiger partial charge in [0.05, 0.1) is 45.3 Å². The summed E-state index contributed by atoms with van der Waals surface area (Å²) in [6.45, 7) is 8.26. The standard InChI is InChI=1S/C27H42N6O7S/c34-26-24(25(27(26)35)30-23-5-8-28-9-6-23)29-7-3-1-2-4-22-41(36,37)33(11-10-31-12-17-38-18-13-31)40-21-16-32-14-19-39-20-15-32/h5-6,8-9,29H,1-4,7,10-22H2,(H,28,30). The SMILES string of the molecule is O=c1c(NCCCCCCS(=O)(=O)N(CCN2CCOCC2)OCCN2CCOCC2)c(Nc2ccncc2)c1=O. The Kier molecular flexibility index (Phi) is 12.5. The van der Waals surface area contributed by atoms with E-state index in [0.717, 1.165) is 45.4 Å². The smallest absolute Gasteiger partial charge is 0.253 e. The molecule has 0 bridgehead atoms. The third-order valence-electron chi connectivity index (χ3n) is 7.25. The number of pyridine rings is 1. The van der Waals surface area contributed by atoms with Gasteiger partial charge in [-0.25, -0.2) is 8.42 Å².